The van der Waals surface area contributed by atoms with Crippen molar-refractivity contribution in [2.75, 3.05) is 0 Å². The zero-order chi connectivity index (χ0) is 9.14. The van der Waals surface area contributed by atoms with Crippen LogP contribution in [0.2, 0.25) is 0 Å². The Kier molecular flexibility index (Phi) is 2.10. The summed E-state index contributed by atoms with van der Waals surface area (Å²) in [6.45, 7) is 1.77. The van der Waals surface area contributed by atoms with E-state index in [0.29, 0.717) is 0 Å². The van der Waals surface area contributed by atoms with Gasteiger partial charge in [0, 0.05) is 12.3 Å². The summed E-state index contributed by atoms with van der Waals surface area (Å²) < 4.78 is 0. The molecule has 0 unspecified atom stereocenters. The Balaban J connectivity index is 2.89. The highest BCUT2D eigenvalue weighted by atomic mass is 16.6. The summed E-state index contributed by atoms with van der Waals surface area (Å²) in [6.07, 6.45) is 5.15. The van der Waals surface area contributed by atoms with Gasteiger partial charge in [-0.15, -0.1) is 0 Å². The molecule has 0 aromatic carbocycles. The molecule has 1 atom stereocenters. The van der Waals surface area contributed by atoms with Crippen molar-refractivity contribution in [1.82, 2.24) is 4.90 Å². The van der Waals surface area contributed by atoms with Crippen LogP contribution in [-0.4, -0.2) is 16.0 Å². The molecule has 0 amide bonds. The van der Waals surface area contributed by atoms with Crippen LogP contribution in [0.15, 0.2) is 23.9 Å². The van der Waals surface area contributed by atoms with Crippen molar-refractivity contribution in [2.45, 2.75) is 13.1 Å². The smallest absolute Gasteiger partial charge is 0.262 e. The predicted octanol–water partition coefficient (Wildman–Crippen LogP) is 0.846. The second-order valence-electron chi connectivity index (χ2n) is 2.44. The number of allylic oxidation sites excluding steroid dienone is 2. The fraction of sp³-hybridized carbons (Fsp3) is 0.286. The maximum absolute atomic E-state index is 10.4. The lowest BCUT2D eigenvalue weighted by atomic mass is 10.2. The zero-order valence-corrected chi connectivity index (χ0v) is 6.47. The Labute approximate surface area is 69.3 Å². The van der Waals surface area contributed by atoms with E-state index in [-0.39, 0.29) is 0 Å². The normalized spacial score (nSPS) is 21.5. The minimum atomic E-state index is -1.04. The number of rotatable bonds is 1. The molecule has 0 N–H and O–H groups in total. The molecule has 1 aliphatic rings. The molecule has 1 rings (SSSR count). The van der Waals surface area contributed by atoms with Crippen LogP contribution in [0, 0.1) is 21.6 Å². The zero-order valence-electron chi connectivity index (χ0n) is 6.47. The van der Waals surface area contributed by atoms with E-state index >= 15 is 0 Å². The molecule has 0 saturated heterocycles. The Morgan fingerprint density at radius 3 is 3.00 bits per heavy atom. The third-order valence-corrected chi connectivity index (χ3v) is 1.49. The second kappa shape index (κ2) is 3.05. The monoisotopic (exact) mass is 165 g/mol. The standard InChI is InChI=1S/C7H7N3O2/c1-6-2-3-7(10(11)12)9(4-6)5-8/h2-4,7H,1H3/t7-/m0/s1. The number of hydrogen-bond donors (Lipinski definition) is 0. The van der Waals surface area contributed by atoms with Crippen molar-refractivity contribution in [1.29, 1.82) is 5.26 Å². The summed E-state index contributed by atoms with van der Waals surface area (Å²) in [5.41, 5.74) is 0.828. The molecular weight excluding hydrogens is 158 g/mol. The van der Waals surface area contributed by atoms with Crippen LogP contribution in [0.1, 0.15) is 6.92 Å². The van der Waals surface area contributed by atoms with Gasteiger partial charge in [-0.3, -0.25) is 10.1 Å². The Bertz CT molecular complexity index is 300. The summed E-state index contributed by atoms with van der Waals surface area (Å²) in [5, 5.41) is 18.9. The highest BCUT2D eigenvalue weighted by Crippen LogP contribution is 2.12. The molecule has 5 heteroatoms. The van der Waals surface area contributed by atoms with Crippen molar-refractivity contribution in [2.24, 2.45) is 0 Å². The lowest BCUT2D eigenvalue weighted by Crippen LogP contribution is -2.33. The van der Waals surface area contributed by atoms with Crippen LogP contribution >= 0.6 is 0 Å². The van der Waals surface area contributed by atoms with E-state index in [0.717, 1.165) is 10.5 Å². The predicted molar refractivity (Wildman–Crippen MR) is 41.1 cm³/mol. The quantitative estimate of drug-likeness (QED) is 0.328. The Morgan fingerprint density at radius 2 is 2.50 bits per heavy atom. The van der Waals surface area contributed by atoms with Gasteiger partial charge in [0.25, 0.3) is 0 Å². The van der Waals surface area contributed by atoms with Crippen molar-refractivity contribution in [3.8, 4) is 6.19 Å². The van der Waals surface area contributed by atoms with E-state index in [1.54, 1.807) is 19.2 Å². The molecule has 1 heterocycles. The van der Waals surface area contributed by atoms with E-state index < -0.39 is 11.1 Å². The van der Waals surface area contributed by atoms with Crippen molar-refractivity contribution >= 4 is 0 Å². The molecule has 0 aromatic heterocycles. The summed E-state index contributed by atoms with van der Waals surface area (Å²) in [6, 6.07) is 0. The van der Waals surface area contributed by atoms with Crippen LogP contribution in [0.3, 0.4) is 0 Å². The van der Waals surface area contributed by atoms with Crippen molar-refractivity contribution < 1.29 is 4.92 Å². The minimum absolute atomic E-state index is 0.511. The fourth-order valence-corrected chi connectivity index (χ4v) is 0.929. The van der Waals surface area contributed by atoms with Gasteiger partial charge in [0.1, 0.15) is 0 Å². The average molecular weight is 165 g/mol. The van der Waals surface area contributed by atoms with Crippen LogP contribution < -0.4 is 0 Å². The molecule has 62 valence electrons. The van der Waals surface area contributed by atoms with E-state index in [1.807, 2.05) is 0 Å². The van der Waals surface area contributed by atoms with Crippen LogP contribution in [-0.2, 0) is 0 Å². The van der Waals surface area contributed by atoms with Gasteiger partial charge in [-0.2, -0.15) is 5.26 Å². The second-order valence-corrected chi connectivity index (χ2v) is 2.44. The molecule has 5 nitrogen and oxygen atoms in total. The lowest BCUT2D eigenvalue weighted by Gasteiger charge is -2.16. The average Bonchev–Trinajstić information content (AvgIpc) is 2.03. The Hall–Kier alpha value is -1.83. The van der Waals surface area contributed by atoms with Crippen molar-refractivity contribution in [3.63, 3.8) is 0 Å². The largest absolute Gasteiger partial charge is 0.318 e. The van der Waals surface area contributed by atoms with Crippen molar-refractivity contribution in [3.05, 3.63) is 34.0 Å². The molecule has 0 bridgehead atoms. The number of nitriles is 1. The first-order valence-electron chi connectivity index (χ1n) is 3.33. The third-order valence-electron chi connectivity index (χ3n) is 1.49. The Morgan fingerprint density at radius 1 is 1.83 bits per heavy atom. The van der Waals surface area contributed by atoms with E-state index in [9.17, 15) is 10.1 Å². The molecule has 0 saturated carbocycles. The van der Waals surface area contributed by atoms with Gasteiger partial charge in [0.05, 0.1) is 4.92 Å². The molecule has 0 radical (unpaired) electrons. The minimum Gasteiger partial charge on any atom is -0.262 e. The first-order valence-corrected chi connectivity index (χ1v) is 3.33. The van der Waals surface area contributed by atoms with Crippen LogP contribution in [0.25, 0.3) is 0 Å². The third kappa shape index (κ3) is 1.42. The topological polar surface area (TPSA) is 70.2 Å². The number of hydrogen-bond acceptors (Lipinski definition) is 4. The summed E-state index contributed by atoms with van der Waals surface area (Å²) in [5.74, 6) is 0. The maximum atomic E-state index is 10.4. The van der Waals surface area contributed by atoms with E-state index in [2.05, 4.69) is 0 Å². The van der Waals surface area contributed by atoms with Gasteiger partial charge in [0.15, 0.2) is 6.19 Å². The van der Waals surface area contributed by atoms with Crippen LogP contribution in [0.5, 0.6) is 0 Å². The van der Waals surface area contributed by atoms with Gasteiger partial charge in [0.2, 0.25) is 0 Å². The first kappa shape index (κ1) is 8.27. The first-order chi connectivity index (χ1) is 5.65. The molecular formula is C7H7N3O2. The highest BCUT2D eigenvalue weighted by Gasteiger charge is 2.25. The van der Waals surface area contributed by atoms with Gasteiger partial charge < -0.3 is 0 Å². The summed E-state index contributed by atoms with van der Waals surface area (Å²) >= 11 is 0. The van der Waals surface area contributed by atoms with Gasteiger partial charge in [-0.1, -0.05) is 6.08 Å². The van der Waals surface area contributed by atoms with E-state index in [1.165, 1.54) is 12.3 Å². The van der Waals surface area contributed by atoms with Gasteiger partial charge in [-0.05, 0) is 12.5 Å². The molecule has 1 aliphatic heterocycles. The molecule has 0 aliphatic carbocycles. The molecule has 0 fully saturated rings. The SMILES string of the molecule is CC1=CN(C#N)[C@@H]([N+](=O)[O-])C=C1. The molecule has 0 spiro atoms. The lowest BCUT2D eigenvalue weighted by molar-refractivity contribution is -0.529. The number of nitrogens with zero attached hydrogens (tertiary/aromatic N) is 3. The van der Waals surface area contributed by atoms with Gasteiger partial charge in [-0.25, -0.2) is 4.90 Å². The maximum Gasteiger partial charge on any atom is 0.318 e. The van der Waals surface area contributed by atoms with Gasteiger partial charge >= 0.3 is 6.17 Å². The molecule has 12 heavy (non-hydrogen) atoms. The van der Waals surface area contributed by atoms with E-state index in [4.69, 9.17) is 5.26 Å². The fourth-order valence-electron chi connectivity index (χ4n) is 0.929. The number of nitro groups is 1. The van der Waals surface area contributed by atoms with Crippen LogP contribution in [0.4, 0.5) is 0 Å². The summed E-state index contributed by atoms with van der Waals surface area (Å²) in [7, 11) is 0. The highest BCUT2D eigenvalue weighted by molar-refractivity contribution is 5.22. The molecule has 0 aromatic rings. The summed E-state index contributed by atoms with van der Waals surface area (Å²) in [4.78, 5) is 10.9.